The Morgan fingerprint density at radius 1 is 1.25 bits per heavy atom. The van der Waals surface area contributed by atoms with Crippen molar-refractivity contribution in [2.45, 2.75) is 32.3 Å². The highest BCUT2D eigenvalue weighted by Gasteiger charge is 2.26. The van der Waals surface area contributed by atoms with Gasteiger partial charge in [-0.25, -0.2) is 4.98 Å². The first kappa shape index (κ1) is 18.6. The van der Waals surface area contributed by atoms with Crippen molar-refractivity contribution >= 4 is 17.5 Å². The molecule has 0 radical (unpaired) electrons. The molecule has 1 aromatic carbocycles. The number of aromatic nitrogens is 1. The second kappa shape index (κ2) is 8.09. The van der Waals surface area contributed by atoms with Crippen LogP contribution in [0.25, 0.3) is 11.1 Å². The van der Waals surface area contributed by atoms with Crippen LogP contribution < -0.4 is 15.0 Å². The smallest absolute Gasteiger partial charge is 0.308 e. The molecule has 0 amide bonds. The third-order valence-electron chi connectivity index (χ3n) is 5.69. The molecule has 0 aliphatic carbocycles. The van der Waals surface area contributed by atoms with Crippen LogP contribution in [0.15, 0.2) is 36.5 Å². The summed E-state index contributed by atoms with van der Waals surface area (Å²) in [6.07, 6.45) is 4.74. The van der Waals surface area contributed by atoms with Gasteiger partial charge < -0.3 is 19.7 Å². The van der Waals surface area contributed by atoms with Gasteiger partial charge in [0.05, 0.1) is 25.3 Å². The summed E-state index contributed by atoms with van der Waals surface area (Å²) < 4.78 is 10.9. The molecule has 0 spiro atoms. The van der Waals surface area contributed by atoms with Crippen molar-refractivity contribution in [3.8, 4) is 16.9 Å². The number of piperidine rings is 1. The van der Waals surface area contributed by atoms with E-state index >= 15 is 0 Å². The lowest BCUT2D eigenvalue weighted by molar-refractivity contribution is -0.146. The van der Waals surface area contributed by atoms with Crippen molar-refractivity contribution in [1.29, 1.82) is 0 Å². The highest BCUT2D eigenvalue weighted by molar-refractivity contribution is 5.73. The molecule has 1 fully saturated rings. The lowest BCUT2D eigenvalue weighted by atomic mass is 9.97. The van der Waals surface area contributed by atoms with Crippen molar-refractivity contribution in [2.24, 2.45) is 5.92 Å². The van der Waals surface area contributed by atoms with E-state index in [-0.39, 0.29) is 18.0 Å². The average molecular weight is 381 g/mol. The van der Waals surface area contributed by atoms with Crippen molar-refractivity contribution < 1.29 is 14.3 Å². The minimum absolute atomic E-state index is 0.0107. The van der Waals surface area contributed by atoms with Gasteiger partial charge in [-0.1, -0.05) is 13.0 Å². The minimum Gasteiger partial charge on any atom is -0.486 e. The molecule has 2 aromatic rings. The SMILES string of the molecule is CCC1CNc2ccc(-c3ccc(N4CCC(C(=O)OC)CC4)nc3)cc2O1. The number of fused-ring (bicyclic) bond motifs is 1. The summed E-state index contributed by atoms with van der Waals surface area (Å²) in [6, 6.07) is 10.4. The lowest BCUT2D eigenvalue weighted by Gasteiger charge is -2.31. The fourth-order valence-corrected chi connectivity index (χ4v) is 3.87. The molecule has 2 aliphatic rings. The van der Waals surface area contributed by atoms with Gasteiger partial charge in [-0.2, -0.15) is 0 Å². The maximum absolute atomic E-state index is 11.7. The summed E-state index contributed by atoms with van der Waals surface area (Å²) in [5.74, 6) is 1.77. The van der Waals surface area contributed by atoms with Gasteiger partial charge >= 0.3 is 5.97 Å². The molecule has 0 saturated carbocycles. The third-order valence-corrected chi connectivity index (χ3v) is 5.69. The van der Waals surface area contributed by atoms with E-state index < -0.39 is 0 Å². The first-order chi connectivity index (χ1) is 13.7. The van der Waals surface area contributed by atoms with Gasteiger partial charge in [0.2, 0.25) is 0 Å². The standard InChI is InChI=1S/C22H27N3O3/c1-3-18-14-23-19-6-4-16(12-20(19)28-18)17-5-7-21(24-13-17)25-10-8-15(9-11-25)22(26)27-2/h4-7,12-13,15,18,23H,3,8-11,14H2,1-2H3. The maximum atomic E-state index is 11.7. The molecule has 1 atom stereocenters. The lowest BCUT2D eigenvalue weighted by Crippen LogP contribution is -2.37. The van der Waals surface area contributed by atoms with Gasteiger partial charge in [0.15, 0.2) is 0 Å². The Kier molecular flexibility index (Phi) is 5.37. The Balaban J connectivity index is 1.45. The van der Waals surface area contributed by atoms with E-state index in [1.165, 1.54) is 7.11 Å². The molecule has 6 nitrogen and oxygen atoms in total. The number of ether oxygens (including phenoxy) is 2. The van der Waals surface area contributed by atoms with Crippen LogP contribution in [0.2, 0.25) is 0 Å². The third kappa shape index (κ3) is 3.77. The number of carbonyl (C=O) groups is 1. The normalized spacial score (nSPS) is 19.4. The summed E-state index contributed by atoms with van der Waals surface area (Å²) in [7, 11) is 1.46. The van der Waals surface area contributed by atoms with Crippen LogP contribution in [0.5, 0.6) is 5.75 Å². The molecule has 4 rings (SSSR count). The van der Waals surface area contributed by atoms with Crippen molar-refractivity contribution in [1.82, 2.24) is 4.98 Å². The molecular weight excluding hydrogens is 354 g/mol. The number of hydrogen-bond donors (Lipinski definition) is 1. The van der Waals surface area contributed by atoms with E-state index in [1.54, 1.807) is 0 Å². The maximum Gasteiger partial charge on any atom is 0.308 e. The molecule has 6 heteroatoms. The predicted molar refractivity (Wildman–Crippen MR) is 110 cm³/mol. The van der Waals surface area contributed by atoms with Gasteiger partial charge in [0.1, 0.15) is 17.7 Å². The summed E-state index contributed by atoms with van der Waals surface area (Å²) in [4.78, 5) is 18.6. The summed E-state index contributed by atoms with van der Waals surface area (Å²) in [5, 5.41) is 3.43. The molecule has 1 saturated heterocycles. The highest BCUT2D eigenvalue weighted by atomic mass is 16.5. The zero-order chi connectivity index (χ0) is 19.5. The van der Waals surface area contributed by atoms with Crippen LogP contribution >= 0.6 is 0 Å². The van der Waals surface area contributed by atoms with Gasteiger partial charge in [0.25, 0.3) is 0 Å². The van der Waals surface area contributed by atoms with Crippen molar-refractivity contribution in [2.75, 3.05) is 37.0 Å². The Hall–Kier alpha value is -2.76. The van der Waals surface area contributed by atoms with Crippen LogP contribution in [0.1, 0.15) is 26.2 Å². The first-order valence-corrected chi connectivity index (χ1v) is 10.0. The fraction of sp³-hybridized carbons (Fsp3) is 0.455. The van der Waals surface area contributed by atoms with Crippen LogP contribution in [0.3, 0.4) is 0 Å². The molecule has 0 bridgehead atoms. The van der Waals surface area contributed by atoms with Gasteiger partial charge in [-0.15, -0.1) is 0 Å². The van der Waals surface area contributed by atoms with Crippen molar-refractivity contribution in [3.05, 3.63) is 36.5 Å². The van der Waals surface area contributed by atoms with Crippen LogP contribution in [-0.2, 0) is 9.53 Å². The van der Waals surface area contributed by atoms with Crippen LogP contribution in [0.4, 0.5) is 11.5 Å². The number of nitrogens with one attached hydrogen (secondary N) is 1. The molecule has 28 heavy (non-hydrogen) atoms. The summed E-state index contributed by atoms with van der Waals surface area (Å²) in [6.45, 7) is 4.63. The number of nitrogens with zero attached hydrogens (tertiary/aromatic N) is 2. The monoisotopic (exact) mass is 381 g/mol. The predicted octanol–water partition coefficient (Wildman–Crippen LogP) is 3.72. The highest BCUT2D eigenvalue weighted by Crippen LogP contribution is 2.34. The summed E-state index contributed by atoms with van der Waals surface area (Å²) >= 11 is 0. The Bertz CT molecular complexity index is 829. The Morgan fingerprint density at radius 3 is 2.71 bits per heavy atom. The average Bonchev–Trinajstić information content (AvgIpc) is 2.78. The van der Waals surface area contributed by atoms with Crippen molar-refractivity contribution in [3.63, 3.8) is 0 Å². The van der Waals surface area contributed by atoms with Crippen LogP contribution in [-0.4, -0.2) is 43.8 Å². The number of rotatable bonds is 4. The minimum atomic E-state index is -0.0996. The number of hydrogen-bond acceptors (Lipinski definition) is 6. The zero-order valence-electron chi connectivity index (χ0n) is 16.5. The van der Waals surface area contributed by atoms with E-state index in [2.05, 4.69) is 52.5 Å². The Labute approximate surface area is 165 Å². The second-order valence-corrected chi connectivity index (χ2v) is 7.43. The summed E-state index contributed by atoms with van der Waals surface area (Å²) in [5.41, 5.74) is 3.21. The molecule has 1 aromatic heterocycles. The quantitative estimate of drug-likeness (QED) is 0.815. The number of methoxy groups -OCH3 is 1. The van der Waals surface area contributed by atoms with E-state index in [1.807, 2.05) is 6.20 Å². The second-order valence-electron chi connectivity index (χ2n) is 7.43. The van der Waals surface area contributed by atoms with E-state index in [0.29, 0.717) is 0 Å². The van der Waals surface area contributed by atoms with Gasteiger partial charge in [0, 0.05) is 24.8 Å². The number of benzene rings is 1. The number of pyridine rings is 1. The van der Waals surface area contributed by atoms with E-state index in [9.17, 15) is 4.79 Å². The molecule has 2 aliphatic heterocycles. The Morgan fingerprint density at radius 2 is 2.04 bits per heavy atom. The molecule has 1 unspecified atom stereocenters. The van der Waals surface area contributed by atoms with E-state index in [4.69, 9.17) is 9.47 Å². The first-order valence-electron chi connectivity index (χ1n) is 10.0. The van der Waals surface area contributed by atoms with Gasteiger partial charge in [-0.05, 0) is 49.1 Å². The zero-order valence-corrected chi connectivity index (χ0v) is 16.5. The number of anilines is 2. The van der Waals surface area contributed by atoms with Gasteiger partial charge in [-0.3, -0.25) is 4.79 Å². The van der Waals surface area contributed by atoms with E-state index in [0.717, 1.165) is 67.3 Å². The number of esters is 1. The largest absolute Gasteiger partial charge is 0.486 e. The molecule has 148 valence electrons. The molecular formula is C22H27N3O3. The molecule has 3 heterocycles. The number of carbonyl (C=O) groups excluding carboxylic acids is 1. The topological polar surface area (TPSA) is 63.7 Å². The molecule has 1 N–H and O–H groups in total. The fourth-order valence-electron chi connectivity index (χ4n) is 3.87. The van der Waals surface area contributed by atoms with Crippen LogP contribution in [0, 0.1) is 5.92 Å².